The van der Waals surface area contributed by atoms with Crippen LogP contribution in [0.4, 0.5) is 4.39 Å². The Kier molecular flexibility index (Phi) is 7.40. The topological polar surface area (TPSA) is 66.9 Å². The number of rotatable bonds is 9. The van der Waals surface area contributed by atoms with E-state index in [0.29, 0.717) is 22.9 Å². The number of ether oxygens (including phenoxy) is 4. The third kappa shape index (κ3) is 6.05. The van der Waals surface area contributed by atoms with Gasteiger partial charge in [-0.05, 0) is 42.5 Å². The minimum absolute atomic E-state index is 0.0516. The van der Waals surface area contributed by atoms with Crippen molar-refractivity contribution in [2.24, 2.45) is 0 Å². The van der Waals surface area contributed by atoms with Crippen LogP contribution in [0, 0.1) is 5.82 Å². The first-order valence-electron chi connectivity index (χ1n) is 8.96. The molecule has 156 valence electrons. The number of hydrogen-bond acceptors (Lipinski definition) is 7. The first kappa shape index (κ1) is 21.3. The van der Waals surface area contributed by atoms with E-state index in [0.717, 1.165) is 10.6 Å². The molecule has 0 spiro atoms. The zero-order valence-corrected chi connectivity index (χ0v) is 17.3. The van der Waals surface area contributed by atoms with Crippen molar-refractivity contribution in [2.75, 3.05) is 14.2 Å². The lowest BCUT2D eigenvalue weighted by atomic mass is 10.2. The van der Waals surface area contributed by atoms with E-state index in [1.807, 2.05) is 0 Å². The summed E-state index contributed by atoms with van der Waals surface area (Å²) in [5.74, 6) is 0.988. The number of hydrogen-bond donors (Lipinski definition) is 0. The number of thiazole rings is 1. The molecular formula is C22H20FNO5S. The molecule has 0 saturated heterocycles. The molecule has 0 fully saturated rings. The second-order valence-corrected chi connectivity index (χ2v) is 6.97. The van der Waals surface area contributed by atoms with Gasteiger partial charge in [0, 0.05) is 23.1 Å². The van der Waals surface area contributed by atoms with E-state index in [9.17, 15) is 9.18 Å². The minimum Gasteiger partial charge on any atom is -0.497 e. The number of methoxy groups -OCH3 is 2. The van der Waals surface area contributed by atoms with Gasteiger partial charge in [-0.1, -0.05) is 0 Å². The molecule has 0 N–H and O–H groups in total. The van der Waals surface area contributed by atoms with Crippen LogP contribution in [-0.2, 0) is 22.7 Å². The van der Waals surface area contributed by atoms with Crippen LogP contribution < -0.4 is 14.2 Å². The molecular weight excluding hydrogens is 409 g/mol. The number of halogens is 1. The summed E-state index contributed by atoms with van der Waals surface area (Å²) in [5, 5.41) is 2.52. The Bertz CT molecular complexity index is 1020. The lowest BCUT2D eigenvalue weighted by Gasteiger charge is -2.07. The van der Waals surface area contributed by atoms with Gasteiger partial charge in [0.2, 0.25) is 0 Å². The Balaban J connectivity index is 1.49. The number of aromatic nitrogens is 1. The summed E-state index contributed by atoms with van der Waals surface area (Å²) < 4.78 is 34.1. The van der Waals surface area contributed by atoms with Crippen molar-refractivity contribution >= 4 is 23.4 Å². The third-order valence-corrected chi connectivity index (χ3v) is 4.85. The summed E-state index contributed by atoms with van der Waals surface area (Å²) >= 11 is 1.39. The molecule has 2 aromatic carbocycles. The molecule has 0 aliphatic carbocycles. The van der Waals surface area contributed by atoms with Crippen LogP contribution in [0.3, 0.4) is 0 Å². The maximum atomic E-state index is 12.9. The second-order valence-electron chi connectivity index (χ2n) is 6.02. The summed E-state index contributed by atoms with van der Waals surface area (Å²) in [6, 6.07) is 11.1. The molecule has 3 aromatic rings. The van der Waals surface area contributed by atoms with Gasteiger partial charge in [-0.25, -0.2) is 14.2 Å². The zero-order valence-electron chi connectivity index (χ0n) is 16.5. The van der Waals surface area contributed by atoms with Crippen LogP contribution in [0.2, 0.25) is 0 Å². The van der Waals surface area contributed by atoms with E-state index in [1.54, 1.807) is 56.0 Å². The van der Waals surface area contributed by atoms with E-state index in [1.165, 1.54) is 29.5 Å². The molecule has 3 rings (SSSR count). The molecule has 1 heterocycles. The van der Waals surface area contributed by atoms with Crippen LogP contribution in [0.25, 0.3) is 6.08 Å². The Morgan fingerprint density at radius 3 is 2.57 bits per heavy atom. The molecule has 0 saturated carbocycles. The van der Waals surface area contributed by atoms with Gasteiger partial charge < -0.3 is 18.9 Å². The highest BCUT2D eigenvalue weighted by atomic mass is 32.1. The standard InChI is InChI=1S/C22H20FNO5S/c1-26-19-7-3-15(20(11-19)27-2)4-10-22(25)29-12-17-14-30-21(24-17)13-28-18-8-5-16(23)6-9-18/h3-11,14H,12-13H2,1-2H3/b10-4+. The van der Waals surface area contributed by atoms with Crippen LogP contribution in [-0.4, -0.2) is 25.2 Å². The fourth-order valence-corrected chi connectivity index (χ4v) is 3.15. The van der Waals surface area contributed by atoms with Gasteiger partial charge in [-0.15, -0.1) is 11.3 Å². The summed E-state index contributed by atoms with van der Waals surface area (Å²) in [7, 11) is 3.12. The Morgan fingerprint density at radius 1 is 1.07 bits per heavy atom. The van der Waals surface area contributed by atoms with Crippen LogP contribution in [0.1, 0.15) is 16.3 Å². The van der Waals surface area contributed by atoms with Crippen molar-refractivity contribution in [3.8, 4) is 17.2 Å². The molecule has 0 unspecified atom stereocenters. The number of carbonyl (C=O) groups excluding carboxylic acids is 1. The maximum absolute atomic E-state index is 12.9. The van der Waals surface area contributed by atoms with Crippen LogP contribution in [0.15, 0.2) is 53.9 Å². The largest absolute Gasteiger partial charge is 0.497 e. The van der Waals surface area contributed by atoms with Crippen molar-refractivity contribution in [1.29, 1.82) is 0 Å². The SMILES string of the molecule is COc1ccc(/C=C/C(=O)OCc2csc(COc3ccc(F)cc3)n2)c(OC)c1. The normalized spacial score (nSPS) is 10.8. The van der Waals surface area contributed by atoms with Crippen LogP contribution in [0.5, 0.6) is 17.2 Å². The van der Waals surface area contributed by atoms with E-state index in [4.69, 9.17) is 18.9 Å². The van der Waals surface area contributed by atoms with Crippen molar-refractivity contribution in [1.82, 2.24) is 4.98 Å². The third-order valence-electron chi connectivity index (χ3n) is 3.98. The number of nitrogens with zero attached hydrogens (tertiary/aromatic N) is 1. The maximum Gasteiger partial charge on any atom is 0.331 e. The van der Waals surface area contributed by atoms with Gasteiger partial charge in [0.1, 0.15) is 41.3 Å². The minimum atomic E-state index is -0.495. The van der Waals surface area contributed by atoms with E-state index in [2.05, 4.69) is 4.98 Å². The average molecular weight is 429 g/mol. The summed E-state index contributed by atoms with van der Waals surface area (Å²) in [6.07, 6.45) is 2.94. The van der Waals surface area contributed by atoms with Crippen molar-refractivity contribution in [3.63, 3.8) is 0 Å². The molecule has 0 aliphatic heterocycles. The highest BCUT2D eigenvalue weighted by Gasteiger charge is 2.07. The predicted octanol–water partition coefficient (Wildman–Crippen LogP) is 4.64. The smallest absolute Gasteiger partial charge is 0.331 e. The summed E-state index contributed by atoms with van der Waals surface area (Å²) in [5.41, 5.74) is 1.35. The van der Waals surface area contributed by atoms with Gasteiger partial charge in [0.15, 0.2) is 0 Å². The molecule has 6 nitrogen and oxygen atoms in total. The first-order chi connectivity index (χ1) is 14.6. The number of benzene rings is 2. The molecule has 0 bridgehead atoms. The van der Waals surface area contributed by atoms with Crippen LogP contribution >= 0.6 is 11.3 Å². The van der Waals surface area contributed by atoms with E-state index in [-0.39, 0.29) is 19.0 Å². The van der Waals surface area contributed by atoms with E-state index < -0.39 is 5.97 Å². The molecule has 0 amide bonds. The molecule has 1 aromatic heterocycles. The van der Waals surface area contributed by atoms with Crippen molar-refractivity contribution in [3.05, 3.63) is 76.0 Å². The van der Waals surface area contributed by atoms with Gasteiger partial charge in [0.25, 0.3) is 0 Å². The predicted molar refractivity (Wildman–Crippen MR) is 111 cm³/mol. The average Bonchev–Trinajstić information content (AvgIpc) is 3.23. The molecule has 8 heteroatoms. The summed E-state index contributed by atoms with van der Waals surface area (Å²) in [4.78, 5) is 16.4. The van der Waals surface area contributed by atoms with E-state index >= 15 is 0 Å². The Morgan fingerprint density at radius 2 is 1.83 bits per heavy atom. The zero-order chi connectivity index (χ0) is 21.3. The highest BCUT2D eigenvalue weighted by Crippen LogP contribution is 2.25. The number of esters is 1. The first-order valence-corrected chi connectivity index (χ1v) is 9.84. The fraction of sp³-hybridized carbons (Fsp3) is 0.182. The van der Waals surface area contributed by atoms with Gasteiger partial charge >= 0.3 is 5.97 Å². The monoisotopic (exact) mass is 429 g/mol. The second kappa shape index (κ2) is 10.4. The molecule has 0 aliphatic rings. The molecule has 0 radical (unpaired) electrons. The van der Waals surface area contributed by atoms with Gasteiger partial charge in [0.05, 0.1) is 19.9 Å². The van der Waals surface area contributed by atoms with Crippen molar-refractivity contribution < 1.29 is 28.1 Å². The molecule has 30 heavy (non-hydrogen) atoms. The van der Waals surface area contributed by atoms with Crippen molar-refractivity contribution in [2.45, 2.75) is 13.2 Å². The summed E-state index contributed by atoms with van der Waals surface area (Å²) in [6.45, 7) is 0.303. The lowest BCUT2D eigenvalue weighted by Crippen LogP contribution is -2.02. The van der Waals surface area contributed by atoms with Gasteiger partial charge in [-0.3, -0.25) is 0 Å². The highest BCUT2D eigenvalue weighted by molar-refractivity contribution is 7.09. The quantitative estimate of drug-likeness (QED) is 0.365. The van der Waals surface area contributed by atoms with Gasteiger partial charge in [-0.2, -0.15) is 0 Å². The molecule has 0 atom stereocenters. The lowest BCUT2D eigenvalue weighted by molar-refractivity contribution is -0.139. The Labute approximate surface area is 177 Å². The Hall–Kier alpha value is -3.39. The number of carbonyl (C=O) groups is 1. The fourth-order valence-electron chi connectivity index (χ4n) is 2.46.